The molecule has 1 heterocycles. The maximum atomic E-state index is 10.4. The van der Waals surface area contributed by atoms with Crippen LogP contribution in [0.1, 0.15) is 12.0 Å². The Morgan fingerprint density at radius 2 is 1.75 bits per heavy atom. The summed E-state index contributed by atoms with van der Waals surface area (Å²) in [4.78, 5) is 14.6. The van der Waals surface area contributed by atoms with E-state index in [-0.39, 0.29) is 11.1 Å². The van der Waals surface area contributed by atoms with Crippen molar-refractivity contribution < 1.29 is 19.0 Å². The lowest BCUT2D eigenvalue weighted by Crippen LogP contribution is -2.06. The Bertz CT molecular complexity index is 785. The normalized spacial score (nSPS) is 10.3. The Morgan fingerprint density at radius 3 is 2.36 bits per heavy atom. The molecule has 0 atom stereocenters. The average Bonchev–Trinajstić information content (AvgIpc) is 2.64. The molecule has 0 N–H and O–H groups in total. The summed E-state index contributed by atoms with van der Waals surface area (Å²) in [5.74, 6) is 1.33. The molecule has 28 heavy (non-hydrogen) atoms. The fourth-order valence-electron chi connectivity index (χ4n) is 2.08. The van der Waals surface area contributed by atoms with Crippen molar-refractivity contribution >= 4 is 52.7 Å². The number of carbonyl (C=O) groups excluding carboxylic acids is 1. The van der Waals surface area contributed by atoms with Gasteiger partial charge in [-0.3, -0.25) is 0 Å². The van der Waals surface area contributed by atoms with Crippen LogP contribution in [0.25, 0.3) is 0 Å². The third-order valence-corrected chi connectivity index (χ3v) is 4.23. The fourth-order valence-corrected chi connectivity index (χ4v) is 2.78. The van der Waals surface area contributed by atoms with Gasteiger partial charge in [-0.25, -0.2) is 4.98 Å². The van der Waals surface area contributed by atoms with Crippen molar-refractivity contribution in [3.05, 3.63) is 56.6 Å². The zero-order valence-electron chi connectivity index (χ0n) is 14.7. The molecule has 1 aromatic carbocycles. The van der Waals surface area contributed by atoms with Gasteiger partial charge in [0.1, 0.15) is 23.1 Å². The molecular formula is C19H17Cl4NO4. The van der Waals surface area contributed by atoms with Crippen LogP contribution in [-0.2, 0) is 11.2 Å². The Kier molecular flexibility index (Phi) is 9.71. The SMILES string of the molecule is O=CCc1ccc(OCCCOc2c(Cl)cc(OCC=C(Cl)Cl)cc2Cl)nc1. The second kappa shape index (κ2) is 12.0. The first-order valence-corrected chi connectivity index (χ1v) is 9.78. The van der Waals surface area contributed by atoms with Crippen LogP contribution in [0.2, 0.25) is 10.0 Å². The van der Waals surface area contributed by atoms with Crippen molar-refractivity contribution in [2.45, 2.75) is 12.8 Å². The van der Waals surface area contributed by atoms with Crippen LogP contribution in [0, 0.1) is 0 Å². The highest BCUT2D eigenvalue weighted by Gasteiger charge is 2.10. The molecular weight excluding hydrogens is 448 g/mol. The molecule has 1 aromatic heterocycles. The lowest BCUT2D eigenvalue weighted by molar-refractivity contribution is -0.107. The summed E-state index contributed by atoms with van der Waals surface area (Å²) in [6.07, 6.45) is 4.88. The van der Waals surface area contributed by atoms with Gasteiger partial charge in [0.2, 0.25) is 5.88 Å². The Morgan fingerprint density at radius 1 is 1.04 bits per heavy atom. The van der Waals surface area contributed by atoms with Crippen molar-refractivity contribution in [1.82, 2.24) is 4.98 Å². The Hall–Kier alpha value is -1.66. The van der Waals surface area contributed by atoms with E-state index in [1.807, 2.05) is 0 Å². The minimum absolute atomic E-state index is 0.117. The quantitative estimate of drug-likeness (QED) is 0.316. The maximum Gasteiger partial charge on any atom is 0.213 e. The maximum absolute atomic E-state index is 10.4. The predicted octanol–water partition coefficient (Wildman–Crippen LogP) is 5.68. The molecule has 2 rings (SSSR count). The summed E-state index contributed by atoms with van der Waals surface area (Å²) in [7, 11) is 0. The molecule has 0 bridgehead atoms. The molecule has 0 spiro atoms. The summed E-state index contributed by atoms with van der Waals surface area (Å²) in [5.41, 5.74) is 0.837. The molecule has 0 radical (unpaired) electrons. The van der Waals surface area contributed by atoms with E-state index in [1.165, 1.54) is 6.08 Å². The summed E-state index contributed by atoms with van der Waals surface area (Å²) in [6.45, 7) is 0.951. The van der Waals surface area contributed by atoms with E-state index in [1.54, 1.807) is 30.5 Å². The van der Waals surface area contributed by atoms with Gasteiger partial charge in [-0.05, 0) is 11.6 Å². The largest absolute Gasteiger partial charge is 0.490 e. The van der Waals surface area contributed by atoms with Gasteiger partial charge in [-0.1, -0.05) is 52.5 Å². The smallest absolute Gasteiger partial charge is 0.213 e. The molecule has 0 saturated carbocycles. The minimum Gasteiger partial charge on any atom is -0.490 e. The number of hydrogen-bond acceptors (Lipinski definition) is 5. The van der Waals surface area contributed by atoms with Gasteiger partial charge < -0.3 is 19.0 Å². The van der Waals surface area contributed by atoms with E-state index >= 15 is 0 Å². The van der Waals surface area contributed by atoms with Crippen molar-refractivity contribution in [1.29, 1.82) is 0 Å². The van der Waals surface area contributed by atoms with Crippen molar-refractivity contribution in [2.24, 2.45) is 0 Å². The molecule has 0 aliphatic rings. The zero-order chi connectivity index (χ0) is 20.4. The summed E-state index contributed by atoms with van der Waals surface area (Å²) < 4.78 is 16.7. The molecule has 0 amide bonds. The number of aromatic nitrogens is 1. The minimum atomic E-state index is 0.117. The number of ether oxygens (including phenoxy) is 3. The van der Waals surface area contributed by atoms with Crippen LogP contribution in [0.3, 0.4) is 0 Å². The molecule has 0 fully saturated rings. The number of carbonyl (C=O) groups is 1. The van der Waals surface area contributed by atoms with E-state index in [9.17, 15) is 4.79 Å². The van der Waals surface area contributed by atoms with Gasteiger partial charge in [0.25, 0.3) is 0 Å². The number of halogens is 4. The molecule has 2 aromatic rings. The van der Waals surface area contributed by atoms with Gasteiger partial charge >= 0.3 is 0 Å². The van der Waals surface area contributed by atoms with Gasteiger partial charge in [-0.2, -0.15) is 0 Å². The van der Waals surface area contributed by atoms with Gasteiger partial charge in [0.05, 0.1) is 23.3 Å². The monoisotopic (exact) mass is 463 g/mol. The highest BCUT2D eigenvalue weighted by atomic mass is 35.5. The summed E-state index contributed by atoms with van der Waals surface area (Å²) in [5, 5.41) is 0.661. The lowest BCUT2D eigenvalue weighted by atomic mass is 10.2. The highest BCUT2D eigenvalue weighted by Crippen LogP contribution is 2.37. The number of aldehydes is 1. The third-order valence-electron chi connectivity index (χ3n) is 3.36. The van der Waals surface area contributed by atoms with Gasteiger partial charge in [-0.15, -0.1) is 0 Å². The molecule has 9 heteroatoms. The standard InChI is InChI=1S/C19H17Cl4NO4/c20-15-10-14(26-9-5-17(22)23)11-16(21)19(15)28-8-1-7-27-18-3-2-13(4-6-25)12-24-18/h2-3,5-6,10-12H,1,4,7-9H2. The van der Waals surface area contributed by atoms with Crippen LogP contribution in [0.4, 0.5) is 0 Å². The first-order valence-electron chi connectivity index (χ1n) is 8.26. The fraction of sp³-hybridized carbons (Fsp3) is 0.263. The Labute approximate surface area is 183 Å². The number of rotatable bonds is 11. The second-order valence-corrected chi connectivity index (χ2v) is 7.27. The molecule has 0 saturated heterocycles. The van der Waals surface area contributed by atoms with Crippen LogP contribution >= 0.6 is 46.4 Å². The van der Waals surface area contributed by atoms with Crippen molar-refractivity contribution in [2.75, 3.05) is 19.8 Å². The first-order chi connectivity index (χ1) is 13.5. The first kappa shape index (κ1) is 22.6. The second-order valence-electron chi connectivity index (χ2n) is 5.45. The van der Waals surface area contributed by atoms with E-state index in [0.717, 1.165) is 11.8 Å². The molecule has 0 aliphatic carbocycles. The molecule has 5 nitrogen and oxygen atoms in total. The molecule has 150 valence electrons. The van der Waals surface area contributed by atoms with E-state index in [2.05, 4.69) is 4.98 Å². The van der Waals surface area contributed by atoms with Crippen LogP contribution in [0.15, 0.2) is 41.0 Å². The van der Waals surface area contributed by atoms with Crippen LogP contribution in [-0.4, -0.2) is 31.1 Å². The highest BCUT2D eigenvalue weighted by molar-refractivity contribution is 6.55. The Balaban J connectivity index is 1.77. The number of pyridine rings is 1. The number of benzene rings is 1. The summed E-state index contributed by atoms with van der Waals surface area (Å²) in [6, 6.07) is 6.71. The van der Waals surface area contributed by atoms with E-state index in [4.69, 9.17) is 60.6 Å². The van der Waals surface area contributed by atoms with Gasteiger partial charge in [0, 0.05) is 37.2 Å². The third kappa shape index (κ3) is 7.76. The summed E-state index contributed by atoms with van der Waals surface area (Å²) >= 11 is 23.4. The van der Waals surface area contributed by atoms with Crippen molar-refractivity contribution in [3.63, 3.8) is 0 Å². The van der Waals surface area contributed by atoms with Crippen LogP contribution < -0.4 is 14.2 Å². The average molecular weight is 465 g/mol. The van der Waals surface area contributed by atoms with E-state index < -0.39 is 0 Å². The van der Waals surface area contributed by atoms with E-state index in [0.29, 0.717) is 53.5 Å². The van der Waals surface area contributed by atoms with Crippen LogP contribution in [0.5, 0.6) is 17.4 Å². The van der Waals surface area contributed by atoms with Crippen molar-refractivity contribution in [3.8, 4) is 17.4 Å². The lowest BCUT2D eigenvalue weighted by Gasteiger charge is -2.12. The number of nitrogens with zero attached hydrogens (tertiary/aromatic N) is 1. The molecule has 0 aliphatic heterocycles. The topological polar surface area (TPSA) is 57.7 Å². The molecule has 0 unspecified atom stereocenters. The predicted molar refractivity (Wildman–Crippen MR) is 111 cm³/mol. The zero-order valence-corrected chi connectivity index (χ0v) is 17.7. The van der Waals surface area contributed by atoms with Gasteiger partial charge in [0.15, 0.2) is 5.75 Å². The number of hydrogen-bond donors (Lipinski definition) is 0.